The summed E-state index contributed by atoms with van der Waals surface area (Å²) in [6.07, 6.45) is 7.07. The monoisotopic (exact) mass is 533 g/mol. The number of piperidine rings is 1. The number of amides is 2. The fourth-order valence-electron chi connectivity index (χ4n) is 6.00. The number of benzene rings is 1. The highest BCUT2D eigenvalue weighted by molar-refractivity contribution is 7.91. The average molecular weight is 534 g/mol. The van der Waals surface area contributed by atoms with Gasteiger partial charge in [0.25, 0.3) is 0 Å². The van der Waals surface area contributed by atoms with Gasteiger partial charge >= 0.3 is 6.03 Å². The molecule has 3 aromatic heterocycles. The molecule has 2 unspecified atom stereocenters. The van der Waals surface area contributed by atoms with Crippen molar-refractivity contribution in [2.45, 2.75) is 48.6 Å². The van der Waals surface area contributed by atoms with Crippen molar-refractivity contribution in [2.24, 2.45) is 0 Å². The molecule has 2 saturated heterocycles. The van der Waals surface area contributed by atoms with E-state index in [4.69, 9.17) is 10.7 Å². The minimum absolute atomic E-state index is 0.00972. The highest BCUT2D eigenvalue weighted by Gasteiger charge is 2.45. The summed E-state index contributed by atoms with van der Waals surface area (Å²) in [5.41, 5.74) is 12.3. The first-order valence-electron chi connectivity index (χ1n) is 12.4. The molecule has 1 aromatic carbocycles. The van der Waals surface area contributed by atoms with Crippen LogP contribution in [0.3, 0.4) is 0 Å². The zero-order chi connectivity index (χ0) is 26.6. The molecule has 0 saturated carbocycles. The van der Waals surface area contributed by atoms with E-state index in [0.717, 1.165) is 35.9 Å². The topological polar surface area (TPSA) is 156 Å². The lowest BCUT2D eigenvalue weighted by molar-refractivity contribution is 0.0929. The summed E-state index contributed by atoms with van der Waals surface area (Å²) in [7, 11) is -3.74. The molecule has 4 N–H and O–H groups in total. The molecule has 3 atom stereocenters. The van der Waals surface area contributed by atoms with E-state index in [1.807, 2.05) is 42.5 Å². The number of urea groups is 1. The van der Waals surface area contributed by atoms with Gasteiger partial charge < -0.3 is 10.6 Å². The summed E-state index contributed by atoms with van der Waals surface area (Å²) in [5.74, 6) is -0.218. The van der Waals surface area contributed by atoms with Crippen molar-refractivity contribution in [3.8, 4) is 22.4 Å². The molecule has 11 nitrogen and oxygen atoms in total. The Morgan fingerprint density at radius 3 is 2.37 bits per heavy atom. The van der Waals surface area contributed by atoms with E-state index in [-0.39, 0.29) is 28.7 Å². The number of hydrogen-bond acceptors (Lipinski definition) is 8. The smallest absolute Gasteiger partial charge is 0.341 e. The molecule has 5 heterocycles. The number of fused-ring (bicyclic) bond motifs is 3. The molecule has 2 bridgehead atoms. The van der Waals surface area contributed by atoms with Gasteiger partial charge in [-0.3, -0.25) is 10.2 Å². The van der Waals surface area contributed by atoms with Crippen LogP contribution in [0.1, 0.15) is 37.3 Å². The van der Waals surface area contributed by atoms with E-state index in [1.165, 1.54) is 4.52 Å². The van der Waals surface area contributed by atoms with Crippen molar-refractivity contribution in [1.82, 2.24) is 30.0 Å². The predicted octanol–water partition coefficient (Wildman–Crippen LogP) is 3.25. The highest BCUT2D eigenvalue weighted by Crippen LogP contribution is 2.45. The summed E-state index contributed by atoms with van der Waals surface area (Å²) < 4.78 is 27.2. The molecule has 0 spiro atoms. The number of hydroxylamine groups is 1. The lowest BCUT2D eigenvalue weighted by Gasteiger charge is -2.38. The van der Waals surface area contributed by atoms with Crippen molar-refractivity contribution in [3.63, 3.8) is 0 Å². The number of nitrogen functional groups attached to an aromatic ring is 1. The third-order valence-corrected chi connectivity index (χ3v) is 8.79. The van der Waals surface area contributed by atoms with Crippen molar-refractivity contribution in [2.75, 3.05) is 12.0 Å². The van der Waals surface area contributed by atoms with E-state index < -0.39 is 15.9 Å². The van der Waals surface area contributed by atoms with Crippen LogP contribution >= 0.6 is 0 Å². The van der Waals surface area contributed by atoms with Gasteiger partial charge in [0.2, 0.25) is 0 Å². The van der Waals surface area contributed by atoms with Crippen molar-refractivity contribution < 1.29 is 18.4 Å². The van der Waals surface area contributed by atoms with Crippen molar-refractivity contribution in [3.05, 3.63) is 60.6 Å². The first-order valence-corrected chi connectivity index (χ1v) is 14.3. The van der Waals surface area contributed by atoms with E-state index in [9.17, 15) is 18.4 Å². The van der Waals surface area contributed by atoms with Gasteiger partial charge in [-0.25, -0.2) is 23.7 Å². The largest absolute Gasteiger partial charge is 0.382 e. The fraction of sp³-hybridized carbons (Fsp3) is 0.308. The predicted molar refractivity (Wildman–Crippen MR) is 140 cm³/mol. The number of carbonyl (C=O) groups excluding carboxylic acids is 1. The van der Waals surface area contributed by atoms with Crippen LogP contribution in [-0.2, 0) is 9.84 Å². The Bertz CT molecular complexity index is 1620. The SMILES string of the molecule is CS(=O)(=O)c1c(C2CC3CC[C@H](C2)N3C(=O)NO)nc2c(-c3ccc(-c4ccccc4)nc3)cnn2c1N. The van der Waals surface area contributed by atoms with Crippen LogP contribution in [0, 0.1) is 0 Å². The highest BCUT2D eigenvalue weighted by atomic mass is 32.2. The number of anilines is 1. The molecule has 0 radical (unpaired) electrons. The molecule has 2 aliphatic rings. The number of pyridine rings is 1. The number of nitrogens with two attached hydrogens (primary N) is 1. The van der Waals surface area contributed by atoms with Gasteiger partial charge in [0.1, 0.15) is 10.7 Å². The second kappa shape index (κ2) is 9.07. The quantitative estimate of drug-likeness (QED) is 0.267. The maximum atomic E-state index is 12.9. The molecular weight excluding hydrogens is 506 g/mol. The van der Waals surface area contributed by atoms with Gasteiger partial charge in [-0.1, -0.05) is 36.4 Å². The van der Waals surface area contributed by atoms with Crippen LogP contribution in [-0.4, -0.2) is 62.5 Å². The molecular formula is C26H27N7O4S. The Kier molecular flexibility index (Phi) is 5.80. The number of carbonyl (C=O) groups is 1. The second-order valence-electron chi connectivity index (χ2n) is 9.95. The van der Waals surface area contributed by atoms with Crippen LogP contribution in [0.15, 0.2) is 59.8 Å². The molecule has 2 fully saturated rings. The maximum Gasteiger partial charge on any atom is 0.341 e. The summed E-state index contributed by atoms with van der Waals surface area (Å²) in [6, 6.07) is 12.9. The number of hydrogen-bond donors (Lipinski definition) is 3. The Morgan fingerprint density at radius 2 is 1.76 bits per heavy atom. The summed E-state index contributed by atoms with van der Waals surface area (Å²) >= 11 is 0. The average Bonchev–Trinajstić information content (AvgIpc) is 3.46. The molecule has 38 heavy (non-hydrogen) atoms. The van der Waals surface area contributed by atoms with Crippen LogP contribution in [0.5, 0.6) is 0 Å². The van der Waals surface area contributed by atoms with Gasteiger partial charge in [-0.15, -0.1) is 0 Å². The van der Waals surface area contributed by atoms with Crippen LogP contribution in [0.2, 0.25) is 0 Å². The summed E-state index contributed by atoms with van der Waals surface area (Å²) in [6.45, 7) is 0. The third-order valence-electron chi connectivity index (χ3n) is 7.63. The standard InChI is InChI=1S/C26H27N7O4S/c1-38(36,37)23-22(17-11-18-8-9-19(12-17)32(18)26(34)31-35)30-25-20(14-29-33(25)24(23)27)16-7-10-21(28-13-16)15-5-3-2-4-6-15/h2-7,10,13-14,17-19,35H,8-9,11-12,27H2,1H3,(H,31,34)/t17?,18-,19?/m1/s1. The molecule has 2 aliphatic heterocycles. The number of nitrogens with zero attached hydrogens (tertiary/aromatic N) is 5. The molecule has 0 aliphatic carbocycles. The number of nitrogens with one attached hydrogen (secondary N) is 1. The van der Waals surface area contributed by atoms with Gasteiger partial charge in [-0.05, 0) is 31.7 Å². The molecule has 2 amide bonds. The summed E-state index contributed by atoms with van der Waals surface area (Å²) in [4.78, 5) is 23.3. The molecule has 12 heteroatoms. The number of rotatable bonds is 4. The minimum Gasteiger partial charge on any atom is -0.382 e. The minimum atomic E-state index is -3.74. The second-order valence-corrected chi connectivity index (χ2v) is 11.9. The van der Waals surface area contributed by atoms with Gasteiger partial charge in [-0.2, -0.15) is 9.61 Å². The molecule has 196 valence electrons. The van der Waals surface area contributed by atoms with Gasteiger partial charge in [0.05, 0.1) is 17.6 Å². The van der Waals surface area contributed by atoms with Crippen molar-refractivity contribution in [1.29, 1.82) is 0 Å². The van der Waals surface area contributed by atoms with Crippen molar-refractivity contribution >= 4 is 27.3 Å². The zero-order valence-electron chi connectivity index (χ0n) is 20.7. The van der Waals surface area contributed by atoms with E-state index >= 15 is 0 Å². The van der Waals surface area contributed by atoms with Crippen LogP contribution < -0.4 is 11.2 Å². The number of aromatic nitrogens is 4. The summed E-state index contributed by atoms with van der Waals surface area (Å²) in [5, 5.41) is 13.5. The Balaban J connectivity index is 1.44. The van der Waals surface area contributed by atoms with E-state index in [1.54, 1.807) is 22.8 Å². The lowest BCUT2D eigenvalue weighted by atomic mass is 9.88. The molecule has 4 aromatic rings. The molecule has 6 rings (SSSR count). The lowest BCUT2D eigenvalue weighted by Crippen LogP contribution is -2.49. The van der Waals surface area contributed by atoms with E-state index in [2.05, 4.69) is 10.1 Å². The first kappa shape index (κ1) is 24.3. The third kappa shape index (κ3) is 3.96. The normalized spacial score (nSPS) is 21.1. The Morgan fingerprint density at radius 1 is 1.05 bits per heavy atom. The number of sulfone groups is 1. The first-order chi connectivity index (χ1) is 18.3. The van der Waals surface area contributed by atoms with Gasteiger partial charge in [0, 0.05) is 47.1 Å². The van der Waals surface area contributed by atoms with Crippen LogP contribution in [0.4, 0.5) is 10.6 Å². The Hall–Kier alpha value is -4.03. The fourth-order valence-corrected chi connectivity index (χ4v) is 7.06. The Labute approximate surface area is 219 Å². The van der Waals surface area contributed by atoms with E-state index in [0.29, 0.717) is 29.7 Å². The zero-order valence-corrected chi connectivity index (χ0v) is 21.5. The van der Waals surface area contributed by atoms with Gasteiger partial charge in [0.15, 0.2) is 15.5 Å². The van der Waals surface area contributed by atoms with Crippen LogP contribution in [0.25, 0.3) is 28.0 Å². The maximum absolute atomic E-state index is 12.9.